The number of halogens is 1. The van der Waals surface area contributed by atoms with Crippen molar-refractivity contribution in [1.82, 2.24) is 5.32 Å². The lowest BCUT2D eigenvalue weighted by atomic mass is 10.2. The molecule has 1 rings (SSSR count). The standard InChI is InChI=1S/C14H22BrN3O2/c1-4-5-6-17-14(16)18-9-10-7-12(19-2)13(20-3)8-11(10)15/h7-8H,4-6,9H2,1-3H3,(H3,16,17,18). The normalized spacial score (nSPS) is 11.3. The molecule has 1 aromatic carbocycles. The van der Waals surface area contributed by atoms with Crippen LogP contribution < -0.4 is 20.5 Å². The average Bonchev–Trinajstić information content (AvgIpc) is 2.45. The summed E-state index contributed by atoms with van der Waals surface area (Å²) < 4.78 is 11.4. The summed E-state index contributed by atoms with van der Waals surface area (Å²) in [6.45, 7) is 3.46. The van der Waals surface area contributed by atoms with Crippen LogP contribution in [0.15, 0.2) is 21.6 Å². The lowest BCUT2D eigenvalue weighted by Crippen LogP contribution is -2.32. The Bertz CT molecular complexity index is 464. The summed E-state index contributed by atoms with van der Waals surface area (Å²) in [5.74, 6) is 1.82. The van der Waals surface area contributed by atoms with Crippen molar-refractivity contribution in [2.45, 2.75) is 26.3 Å². The Morgan fingerprint density at radius 2 is 1.95 bits per heavy atom. The Morgan fingerprint density at radius 3 is 2.55 bits per heavy atom. The molecule has 0 amide bonds. The van der Waals surface area contributed by atoms with Crippen molar-refractivity contribution in [1.29, 1.82) is 0 Å². The van der Waals surface area contributed by atoms with Crippen LogP contribution in [0.2, 0.25) is 0 Å². The number of guanidine groups is 1. The fourth-order valence-corrected chi connectivity index (χ4v) is 2.08. The van der Waals surface area contributed by atoms with Gasteiger partial charge < -0.3 is 20.5 Å². The molecule has 3 N–H and O–H groups in total. The maximum atomic E-state index is 5.81. The zero-order chi connectivity index (χ0) is 15.0. The van der Waals surface area contributed by atoms with Crippen LogP contribution in [0.4, 0.5) is 0 Å². The van der Waals surface area contributed by atoms with Crippen LogP contribution >= 0.6 is 15.9 Å². The minimum atomic E-state index is 0.458. The van der Waals surface area contributed by atoms with Crippen LogP contribution in [0, 0.1) is 0 Å². The van der Waals surface area contributed by atoms with Gasteiger partial charge in [0, 0.05) is 11.0 Å². The van der Waals surface area contributed by atoms with Gasteiger partial charge in [0.2, 0.25) is 0 Å². The van der Waals surface area contributed by atoms with E-state index in [9.17, 15) is 0 Å². The summed E-state index contributed by atoms with van der Waals surface area (Å²) in [5, 5.41) is 3.08. The number of hydrogen-bond donors (Lipinski definition) is 2. The van der Waals surface area contributed by atoms with Gasteiger partial charge in [0.05, 0.1) is 20.8 Å². The van der Waals surface area contributed by atoms with Crippen molar-refractivity contribution >= 4 is 21.9 Å². The molecule has 0 spiro atoms. The molecule has 0 aliphatic rings. The Kier molecular flexibility index (Phi) is 7.22. The molecule has 1 aromatic rings. The van der Waals surface area contributed by atoms with Crippen molar-refractivity contribution < 1.29 is 9.47 Å². The summed E-state index contributed by atoms with van der Waals surface area (Å²) >= 11 is 3.50. The highest BCUT2D eigenvalue weighted by Gasteiger charge is 2.09. The first-order chi connectivity index (χ1) is 9.62. The molecule has 5 nitrogen and oxygen atoms in total. The van der Waals surface area contributed by atoms with Gasteiger partial charge in [-0.2, -0.15) is 0 Å². The number of nitrogens with one attached hydrogen (secondary N) is 1. The van der Waals surface area contributed by atoms with Crippen LogP contribution in [-0.4, -0.2) is 26.7 Å². The predicted molar refractivity (Wildman–Crippen MR) is 85.5 cm³/mol. The second-order valence-electron chi connectivity index (χ2n) is 4.28. The first kappa shape index (κ1) is 16.6. The number of nitrogens with zero attached hydrogens (tertiary/aromatic N) is 1. The van der Waals surface area contributed by atoms with E-state index in [2.05, 4.69) is 33.2 Å². The summed E-state index contributed by atoms with van der Waals surface area (Å²) in [4.78, 5) is 4.31. The Labute approximate surface area is 128 Å². The van der Waals surface area contributed by atoms with Crippen molar-refractivity contribution in [3.8, 4) is 11.5 Å². The molecule has 0 bridgehead atoms. The Balaban J connectivity index is 2.74. The number of methoxy groups -OCH3 is 2. The molecule has 0 aliphatic carbocycles. The monoisotopic (exact) mass is 343 g/mol. The van der Waals surface area contributed by atoms with Crippen molar-refractivity contribution in [2.24, 2.45) is 10.7 Å². The molecule has 0 saturated heterocycles. The van der Waals surface area contributed by atoms with E-state index < -0.39 is 0 Å². The molecule has 0 atom stereocenters. The molecule has 0 unspecified atom stereocenters. The number of hydrogen-bond acceptors (Lipinski definition) is 3. The summed E-state index contributed by atoms with van der Waals surface area (Å²) in [5.41, 5.74) is 6.80. The molecule has 0 saturated carbocycles. The van der Waals surface area contributed by atoms with Crippen molar-refractivity contribution in [3.63, 3.8) is 0 Å². The average molecular weight is 344 g/mol. The van der Waals surface area contributed by atoms with Gasteiger partial charge >= 0.3 is 0 Å². The molecular weight excluding hydrogens is 322 g/mol. The third-order valence-electron chi connectivity index (χ3n) is 2.81. The van der Waals surface area contributed by atoms with Gasteiger partial charge in [-0.15, -0.1) is 0 Å². The van der Waals surface area contributed by atoms with E-state index in [0.717, 1.165) is 29.4 Å². The fourth-order valence-electron chi connectivity index (χ4n) is 1.64. The van der Waals surface area contributed by atoms with Crippen LogP contribution in [-0.2, 0) is 6.54 Å². The highest BCUT2D eigenvalue weighted by molar-refractivity contribution is 9.10. The van der Waals surface area contributed by atoms with Gasteiger partial charge in [-0.1, -0.05) is 29.3 Å². The lowest BCUT2D eigenvalue weighted by Gasteiger charge is -2.11. The van der Waals surface area contributed by atoms with Gasteiger partial charge in [-0.25, -0.2) is 4.99 Å². The highest BCUT2D eigenvalue weighted by Crippen LogP contribution is 2.33. The summed E-state index contributed by atoms with van der Waals surface area (Å²) in [6, 6.07) is 3.76. The number of unbranched alkanes of at least 4 members (excludes halogenated alkanes) is 1. The third kappa shape index (κ3) is 4.92. The van der Waals surface area contributed by atoms with Gasteiger partial charge in [0.1, 0.15) is 0 Å². The molecule has 6 heteroatoms. The second-order valence-corrected chi connectivity index (χ2v) is 5.13. The van der Waals surface area contributed by atoms with E-state index in [0.29, 0.717) is 24.0 Å². The topological polar surface area (TPSA) is 68.9 Å². The number of nitrogens with two attached hydrogens (primary N) is 1. The van der Waals surface area contributed by atoms with Gasteiger partial charge in [0.25, 0.3) is 0 Å². The lowest BCUT2D eigenvalue weighted by molar-refractivity contribution is 0.354. The summed E-state index contributed by atoms with van der Waals surface area (Å²) in [6.07, 6.45) is 2.21. The zero-order valence-corrected chi connectivity index (χ0v) is 13.8. The highest BCUT2D eigenvalue weighted by atomic mass is 79.9. The van der Waals surface area contributed by atoms with Crippen molar-refractivity contribution in [3.05, 3.63) is 22.2 Å². The summed E-state index contributed by atoms with van der Waals surface area (Å²) in [7, 11) is 3.22. The largest absolute Gasteiger partial charge is 0.493 e. The molecule has 20 heavy (non-hydrogen) atoms. The van der Waals surface area contributed by atoms with E-state index >= 15 is 0 Å². The molecule has 0 aliphatic heterocycles. The third-order valence-corrected chi connectivity index (χ3v) is 3.55. The second kappa shape index (κ2) is 8.68. The van der Waals surface area contributed by atoms with Crippen LogP contribution in [0.1, 0.15) is 25.3 Å². The Morgan fingerprint density at radius 1 is 1.30 bits per heavy atom. The van der Waals surface area contributed by atoms with E-state index in [-0.39, 0.29) is 0 Å². The van der Waals surface area contributed by atoms with Gasteiger partial charge in [0.15, 0.2) is 17.5 Å². The molecule has 0 aromatic heterocycles. The smallest absolute Gasteiger partial charge is 0.188 e. The van der Waals surface area contributed by atoms with Crippen LogP contribution in [0.3, 0.4) is 0 Å². The van der Waals surface area contributed by atoms with Gasteiger partial charge in [-0.3, -0.25) is 0 Å². The fraction of sp³-hybridized carbons (Fsp3) is 0.500. The van der Waals surface area contributed by atoms with E-state index in [1.807, 2.05) is 12.1 Å². The first-order valence-corrected chi connectivity index (χ1v) is 7.35. The number of aliphatic imine (C=N–C) groups is 1. The minimum Gasteiger partial charge on any atom is -0.493 e. The SMILES string of the molecule is CCCCNC(N)=NCc1cc(OC)c(OC)cc1Br. The van der Waals surface area contributed by atoms with E-state index in [1.165, 1.54) is 0 Å². The maximum Gasteiger partial charge on any atom is 0.188 e. The van der Waals surface area contributed by atoms with Crippen molar-refractivity contribution in [2.75, 3.05) is 20.8 Å². The molecule has 0 fully saturated rings. The zero-order valence-electron chi connectivity index (χ0n) is 12.2. The van der Waals surface area contributed by atoms with E-state index in [1.54, 1.807) is 14.2 Å². The quantitative estimate of drug-likeness (QED) is 0.453. The molecule has 0 radical (unpaired) electrons. The van der Waals surface area contributed by atoms with Crippen LogP contribution in [0.5, 0.6) is 11.5 Å². The maximum absolute atomic E-state index is 5.81. The number of benzene rings is 1. The van der Waals surface area contributed by atoms with E-state index in [4.69, 9.17) is 15.2 Å². The number of ether oxygens (including phenoxy) is 2. The van der Waals surface area contributed by atoms with Crippen LogP contribution in [0.25, 0.3) is 0 Å². The number of rotatable bonds is 7. The predicted octanol–water partition coefficient (Wildman–Crippen LogP) is 2.67. The molecule has 112 valence electrons. The minimum absolute atomic E-state index is 0.458. The Hall–Kier alpha value is -1.43. The first-order valence-electron chi connectivity index (χ1n) is 6.56. The molecular formula is C14H22BrN3O2. The van der Waals surface area contributed by atoms with Gasteiger partial charge in [-0.05, 0) is 24.1 Å². The molecule has 0 heterocycles.